The number of rotatable bonds is 5. The molecule has 0 spiro atoms. The molecule has 0 amide bonds. The van der Waals surface area contributed by atoms with Gasteiger partial charge in [-0.05, 0) is 25.5 Å². The van der Waals surface area contributed by atoms with E-state index in [1.165, 1.54) is 0 Å². The third-order valence-electron chi connectivity index (χ3n) is 2.21. The Morgan fingerprint density at radius 1 is 1.36 bits per heavy atom. The van der Waals surface area contributed by atoms with E-state index in [1.807, 2.05) is 37.3 Å². The summed E-state index contributed by atoms with van der Waals surface area (Å²) in [6.07, 6.45) is 0.837. The molecule has 78 valence electrons. The zero-order valence-electron chi connectivity index (χ0n) is 8.48. The normalized spacial score (nSPS) is 15.0. The zero-order chi connectivity index (χ0) is 10.4. The maximum absolute atomic E-state index is 11.8. The molecule has 0 heterocycles. The minimum Gasteiger partial charge on any atom is -0.330 e. The van der Waals surface area contributed by atoms with E-state index < -0.39 is 10.8 Å². The smallest absolute Gasteiger partial charge is 0.0568 e. The van der Waals surface area contributed by atoms with Crippen molar-refractivity contribution in [2.45, 2.75) is 18.6 Å². The van der Waals surface area contributed by atoms with Crippen molar-refractivity contribution in [2.24, 2.45) is 5.73 Å². The van der Waals surface area contributed by atoms with Gasteiger partial charge in [-0.25, -0.2) is 0 Å². The van der Waals surface area contributed by atoms with Gasteiger partial charge in [0.25, 0.3) is 0 Å². The number of nitrogens with two attached hydrogens (primary N) is 1. The van der Waals surface area contributed by atoms with Gasteiger partial charge in [0.05, 0.1) is 5.25 Å². The fraction of sp³-hybridized carbons (Fsp3) is 0.455. The summed E-state index contributed by atoms with van der Waals surface area (Å²) in [6, 6.07) is 9.97. The topological polar surface area (TPSA) is 43.1 Å². The fourth-order valence-electron chi connectivity index (χ4n) is 1.28. The lowest BCUT2D eigenvalue weighted by molar-refractivity contribution is 0.673. The third-order valence-corrected chi connectivity index (χ3v) is 3.96. The van der Waals surface area contributed by atoms with Crippen molar-refractivity contribution in [2.75, 3.05) is 12.3 Å². The molecule has 0 aliphatic rings. The maximum Gasteiger partial charge on any atom is 0.0568 e. The second-order valence-electron chi connectivity index (χ2n) is 3.28. The Balaban J connectivity index is 2.57. The van der Waals surface area contributed by atoms with E-state index in [-0.39, 0.29) is 5.25 Å². The average Bonchev–Trinajstić information content (AvgIpc) is 2.26. The Labute approximate surface area is 88.0 Å². The first-order valence-electron chi connectivity index (χ1n) is 4.88. The Bertz CT molecular complexity index is 287. The lowest BCUT2D eigenvalue weighted by atomic mass is 10.2. The first kappa shape index (κ1) is 11.4. The molecule has 0 aliphatic carbocycles. The summed E-state index contributed by atoms with van der Waals surface area (Å²) < 4.78 is 11.8. The van der Waals surface area contributed by atoms with Crippen molar-refractivity contribution in [1.29, 1.82) is 0 Å². The van der Waals surface area contributed by atoms with Crippen LogP contribution in [0.4, 0.5) is 0 Å². The average molecular weight is 211 g/mol. The summed E-state index contributed by atoms with van der Waals surface area (Å²) in [5, 5.41) is 0.114. The largest absolute Gasteiger partial charge is 0.330 e. The van der Waals surface area contributed by atoms with Gasteiger partial charge < -0.3 is 5.73 Å². The minimum atomic E-state index is -0.796. The molecule has 1 rings (SSSR count). The maximum atomic E-state index is 11.8. The van der Waals surface area contributed by atoms with Gasteiger partial charge in [-0.1, -0.05) is 30.3 Å². The van der Waals surface area contributed by atoms with Gasteiger partial charge in [0.1, 0.15) is 0 Å². The molecule has 0 saturated heterocycles. The molecule has 0 fully saturated rings. The zero-order valence-corrected chi connectivity index (χ0v) is 9.30. The van der Waals surface area contributed by atoms with E-state index in [9.17, 15) is 4.21 Å². The van der Waals surface area contributed by atoms with Crippen molar-refractivity contribution in [3.8, 4) is 0 Å². The van der Waals surface area contributed by atoms with Crippen LogP contribution < -0.4 is 5.73 Å². The lowest BCUT2D eigenvalue weighted by Gasteiger charge is -2.10. The molecule has 0 aliphatic heterocycles. The van der Waals surface area contributed by atoms with Gasteiger partial charge in [-0.2, -0.15) is 0 Å². The van der Waals surface area contributed by atoms with Crippen LogP contribution in [0, 0.1) is 0 Å². The van der Waals surface area contributed by atoms with Crippen LogP contribution in [0.5, 0.6) is 0 Å². The monoisotopic (exact) mass is 211 g/mol. The summed E-state index contributed by atoms with van der Waals surface area (Å²) in [5.74, 6) is 0.701. The van der Waals surface area contributed by atoms with E-state index in [0.29, 0.717) is 12.3 Å². The first-order valence-corrected chi connectivity index (χ1v) is 6.26. The Hall–Kier alpha value is -0.670. The van der Waals surface area contributed by atoms with Crippen LogP contribution in [-0.2, 0) is 10.8 Å². The minimum absolute atomic E-state index is 0.114. The summed E-state index contributed by atoms with van der Waals surface area (Å²) in [6.45, 7) is 2.62. The van der Waals surface area contributed by atoms with Gasteiger partial charge in [-0.3, -0.25) is 4.21 Å². The van der Waals surface area contributed by atoms with Gasteiger partial charge in [0.2, 0.25) is 0 Å². The van der Waals surface area contributed by atoms with Crippen LogP contribution in [0.3, 0.4) is 0 Å². The predicted octanol–water partition coefficient (Wildman–Crippen LogP) is 1.85. The molecular formula is C11H17NOS. The van der Waals surface area contributed by atoms with Crippen molar-refractivity contribution in [3.63, 3.8) is 0 Å². The van der Waals surface area contributed by atoms with Crippen molar-refractivity contribution in [1.82, 2.24) is 0 Å². The first-order chi connectivity index (χ1) is 6.75. The molecule has 0 aromatic heterocycles. The van der Waals surface area contributed by atoms with E-state index >= 15 is 0 Å². The van der Waals surface area contributed by atoms with Crippen LogP contribution in [0.2, 0.25) is 0 Å². The van der Waals surface area contributed by atoms with Crippen LogP contribution in [-0.4, -0.2) is 16.5 Å². The second-order valence-corrected chi connectivity index (χ2v) is 5.16. The van der Waals surface area contributed by atoms with Gasteiger partial charge in [-0.15, -0.1) is 0 Å². The molecule has 2 unspecified atom stereocenters. The van der Waals surface area contributed by atoms with Crippen LogP contribution in [0.15, 0.2) is 30.3 Å². The van der Waals surface area contributed by atoms with Crippen molar-refractivity contribution in [3.05, 3.63) is 35.9 Å². The highest BCUT2D eigenvalue weighted by atomic mass is 32.2. The molecule has 1 aromatic rings. The number of hydrogen-bond acceptors (Lipinski definition) is 2. The Morgan fingerprint density at radius 3 is 2.57 bits per heavy atom. The molecule has 0 radical (unpaired) electrons. The summed E-state index contributed by atoms with van der Waals surface area (Å²) in [7, 11) is -0.796. The number of hydrogen-bond donors (Lipinski definition) is 1. The standard InChI is InChI=1S/C11H17NOS/c1-10(14(13)9-5-8-12)11-6-3-2-4-7-11/h2-4,6-7,10H,5,8-9,12H2,1H3. The summed E-state index contributed by atoms with van der Waals surface area (Å²) >= 11 is 0. The van der Waals surface area contributed by atoms with E-state index in [4.69, 9.17) is 5.73 Å². The molecule has 3 heteroatoms. The Morgan fingerprint density at radius 2 is 2.00 bits per heavy atom. The van der Waals surface area contributed by atoms with Gasteiger partial charge in [0.15, 0.2) is 0 Å². The molecule has 1 aromatic carbocycles. The van der Waals surface area contributed by atoms with Crippen LogP contribution >= 0.6 is 0 Å². The lowest BCUT2D eigenvalue weighted by Crippen LogP contribution is -2.10. The highest BCUT2D eigenvalue weighted by Gasteiger charge is 2.11. The molecular weight excluding hydrogens is 194 g/mol. The van der Waals surface area contributed by atoms with Gasteiger partial charge >= 0.3 is 0 Å². The summed E-state index contributed by atoms with van der Waals surface area (Å²) in [4.78, 5) is 0. The molecule has 2 atom stereocenters. The molecule has 2 nitrogen and oxygen atoms in total. The quantitative estimate of drug-likeness (QED) is 0.807. The SMILES string of the molecule is CC(c1ccccc1)S(=O)CCCN. The number of benzene rings is 1. The predicted molar refractivity (Wildman–Crippen MR) is 61.5 cm³/mol. The molecule has 0 bridgehead atoms. The van der Waals surface area contributed by atoms with E-state index in [1.54, 1.807) is 0 Å². The van der Waals surface area contributed by atoms with Crippen molar-refractivity contribution < 1.29 is 4.21 Å². The second kappa shape index (κ2) is 5.94. The third kappa shape index (κ3) is 3.24. The van der Waals surface area contributed by atoms with Crippen LogP contribution in [0.1, 0.15) is 24.2 Å². The molecule has 2 N–H and O–H groups in total. The summed E-state index contributed by atoms with van der Waals surface area (Å²) in [5.41, 5.74) is 6.52. The highest BCUT2D eigenvalue weighted by Crippen LogP contribution is 2.18. The van der Waals surface area contributed by atoms with E-state index in [2.05, 4.69) is 0 Å². The fourth-order valence-corrected chi connectivity index (χ4v) is 2.54. The Kier molecular flexibility index (Phi) is 4.84. The highest BCUT2D eigenvalue weighted by molar-refractivity contribution is 7.85. The van der Waals surface area contributed by atoms with Gasteiger partial charge in [0, 0.05) is 16.6 Å². The molecule has 14 heavy (non-hydrogen) atoms. The molecule has 0 saturated carbocycles. The van der Waals surface area contributed by atoms with Crippen LogP contribution in [0.25, 0.3) is 0 Å². The van der Waals surface area contributed by atoms with Crippen molar-refractivity contribution >= 4 is 10.8 Å². The van der Waals surface area contributed by atoms with E-state index in [0.717, 1.165) is 12.0 Å².